The molecule has 0 saturated carbocycles. The highest BCUT2D eigenvalue weighted by atomic mass is 32.2. The van der Waals surface area contributed by atoms with Crippen molar-refractivity contribution in [1.82, 2.24) is 4.31 Å². The van der Waals surface area contributed by atoms with Crippen LogP contribution in [0.15, 0.2) is 29.2 Å². The molecule has 0 heterocycles. The van der Waals surface area contributed by atoms with E-state index in [9.17, 15) is 13.2 Å². The van der Waals surface area contributed by atoms with Crippen LogP contribution in [-0.4, -0.2) is 37.9 Å². The Morgan fingerprint density at radius 3 is 2.00 bits per heavy atom. The molecule has 2 atom stereocenters. The van der Waals surface area contributed by atoms with Crippen LogP contribution < -0.4 is 0 Å². The Morgan fingerprint density at radius 1 is 1.16 bits per heavy atom. The summed E-state index contributed by atoms with van der Waals surface area (Å²) in [5.74, 6) is -1.55. The van der Waals surface area contributed by atoms with E-state index in [0.29, 0.717) is 0 Å². The normalized spacial score (nSPS) is 15.2. The molecule has 1 aromatic rings. The van der Waals surface area contributed by atoms with Crippen LogP contribution in [0.4, 0.5) is 0 Å². The lowest BCUT2D eigenvalue weighted by atomic mass is 9.89. The molecule has 19 heavy (non-hydrogen) atoms. The van der Waals surface area contributed by atoms with Gasteiger partial charge < -0.3 is 5.11 Å². The minimum Gasteiger partial charge on any atom is -0.481 e. The Kier molecular flexibility index (Phi) is 4.70. The summed E-state index contributed by atoms with van der Waals surface area (Å²) in [7, 11) is -0.498. The first-order valence-corrected chi connectivity index (χ1v) is 7.37. The first-order chi connectivity index (χ1) is 8.67. The van der Waals surface area contributed by atoms with Crippen LogP contribution in [0.3, 0.4) is 0 Å². The second-order valence-electron chi connectivity index (χ2n) is 4.77. The van der Waals surface area contributed by atoms with E-state index in [1.807, 2.05) is 6.92 Å². The molecule has 0 aliphatic rings. The lowest BCUT2D eigenvalue weighted by Crippen LogP contribution is -2.22. The molecule has 6 heteroatoms. The standard InChI is InChI=1S/C13H19NO4S/c1-9(10(2)13(15)16)11-5-7-12(8-6-11)19(17,18)14(3)4/h5-10H,1-4H3,(H,15,16). The molecular formula is C13H19NO4S. The number of aliphatic carboxylic acids is 1. The van der Waals surface area contributed by atoms with E-state index >= 15 is 0 Å². The van der Waals surface area contributed by atoms with Crippen LogP contribution >= 0.6 is 0 Å². The maximum atomic E-state index is 11.9. The number of sulfonamides is 1. The number of nitrogens with zero attached hydrogens (tertiary/aromatic N) is 1. The average Bonchev–Trinajstić information content (AvgIpc) is 2.36. The van der Waals surface area contributed by atoms with Crippen molar-refractivity contribution in [2.75, 3.05) is 14.1 Å². The lowest BCUT2D eigenvalue weighted by molar-refractivity contribution is -0.141. The number of hydrogen-bond donors (Lipinski definition) is 1. The number of carbonyl (C=O) groups is 1. The molecule has 0 amide bonds. The van der Waals surface area contributed by atoms with Gasteiger partial charge in [0.15, 0.2) is 0 Å². The molecule has 0 saturated heterocycles. The zero-order valence-electron chi connectivity index (χ0n) is 11.5. The fourth-order valence-electron chi connectivity index (χ4n) is 1.66. The fraction of sp³-hybridized carbons (Fsp3) is 0.462. The van der Waals surface area contributed by atoms with Gasteiger partial charge in [-0.3, -0.25) is 4.79 Å². The number of carboxylic acids is 1. The summed E-state index contributed by atoms with van der Waals surface area (Å²) in [6.45, 7) is 3.45. The van der Waals surface area contributed by atoms with Crippen LogP contribution in [-0.2, 0) is 14.8 Å². The van der Waals surface area contributed by atoms with E-state index in [4.69, 9.17) is 5.11 Å². The number of rotatable bonds is 5. The van der Waals surface area contributed by atoms with Gasteiger partial charge in [0.1, 0.15) is 0 Å². The van der Waals surface area contributed by atoms with Gasteiger partial charge >= 0.3 is 5.97 Å². The molecule has 0 fully saturated rings. The van der Waals surface area contributed by atoms with Gasteiger partial charge in [-0.25, -0.2) is 12.7 Å². The Labute approximate surface area is 113 Å². The fourth-order valence-corrected chi connectivity index (χ4v) is 2.56. The second kappa shape index (κ2) is 5.71. The van der Waals surface area contributed by atoms with E-state index in [2.05, 4.69) is 0 Å². The topological polar surface area (TPSA) is 74.7 Å². The second-order valence-corrected chi connectivity index (χ2v) is 6.92. The van der Waals surface area contributed by atoms with Crippen LogP contribution in [0.2, 0.25) is 0 Å². The number of carboxylic acid groups (broad SMARTS) is 1. The zero-order valence-corrected chi connectivity index (χ0v) is 12.3. The summed E-state index contributed by atoms with van der Waals surface area (Å²) in [5, 5.41) is 8.97. The Morgan fingerprint density at radius 2 is 1.63 bits per heavy atom. The molecule has 0 bridgehead atoms. The molecule has 1 rings (SSSR count). The van der Waals surface area contributed by atoms with Gasteiger partial charge in [0.05, 0.1) is 10.8 Å². The zero-order chi connectivity index (χ0) is 14.8. The minimum absolute atomic E-state index is 0.173. The summed E-state index contributed by atoms with van der Waals surface area (Å²) in [4.78, 5) is 11.1. The third kappa shape index (κ3) is 3.33. The van der Waals surface area contributed by atoms with Crippen molar-refractivity contribution in [3.05, 3.63) is 29.8 Å². The minimum atomic E-state index is -3.44. The summed E-state index contributed by atoms with van der Waals surface area (Å²) in [6, 6.07) is 6.35. The molecule has 1 aromatic carbocycles. The highest BCUT2D eigenvalue weighted by molar-refractivity contribution is 7.89. The first kappa shape index (κ1) is 15.7. The quantitative estimate of drug-likeness (QED) is 0.894. The number of benzene rings is 1. The average molecular weight is 285 g/mol. The predicted octanol–water partition coefficient (Wildman–Crippen LogP) is 1.76. The number of hydrogen-bond acceptors (Lipinski definition) is 3. The molecule has 0 aromatic heterocycles. The van der Waals surface area contributed by atoms with Crippen molar-refractivity contribution in [3.8, 4) is 0 Å². The predicted molar refractivity (Wildman–Crippen MR) is 72.5 cm³/mol. The monoisotopic (exact) mass is 285 g/mol. The SMILES string of the molecule is CC(C(=O)O)C(C)c1ccc(S(=O)(=O)N(C)C)cc1. The van der Waals surface area contributed by atoms with Crippen LogP contribution in [0.1, 0.15) is 25.3 Å². The van der Waals surface area contributed by atoms with Crippen molar-refractivity contribution in [1.29, 1.82) is 0 Å². The van der Waals surface area contributed by atoms with Gasteiger partial charge in [0, 0.05) is 14.1 Å². The Hall–Kier alpha value is -1.40. The van der Waals surface area contributed by atoms with Crippen LogP contribution in [0.5, 0.6) is 0 Å². The largest absolute Gasteiger partial charge is 0.481 e. The lowest BCUT2D eigenvalue weighted by Gasteiger charge is -2.17. The van der Waals surface area contributed by atoms with E-state index in [1.165, 1.54) is 26.2 Å². The van der Waals surface area contributed by atoms with E-state index in [-0.39, 0.29) is 10.8 Å². The summed E-state index contributed by atoms with van der Waals surface area (Å²) < 4.78 is 24.9. The molecule has 0 aliphatic heterocycles. The van der Waals surface area contributed by atoms with E-state index in [0.717, 1.165) is 9.87 Å². The van der Waals surface area contributed by atoms with Crippen molar-refractivity contribution in [3.63, 3.8) is 0 Å². The third-order valence-electron chi connectivity index (χ3n) is 3.32. The molecule has 1 N–H and O–H groups in total. The summed E-state index contributed by atoms with van der Waals surface area (Å²) >= 11 is 0. The Balaban J connectivity index is 3.04. The smallest absolute Gasteiger partial charge is 0.306 e. The van der Waals surface area contributed by atoms with Crippen molar-refractivity contribution in [2.24, 2.45) is 5.92 Å². The third-order valence-corrected chi connectivity index (χ3v) is 5.15. The van der Waals surface area contributed by atoms with Crippen molar-refractivity contribution < 1.29 is 18.3 Å². The molecule has 5 nitrogen and oxygen atoms in total. The van der Waals surface area contributed by atoms with E-state index < -0.39 is 21.9 Å². The molecule has 0 radical (unpaired) electrons. The molecular weight excluding hydrogens is 266 g/mol. The van der Waals surface area contributed by atoms with Gasteiger partial charge in [-0.1, -0.05) is 26.0 Å². The van der Waals surface area contributed by atoms with Crippen molar-refractivity contribution >= 4 is 16.0 Å². The van der Waals surface area contributed by atoms with Crippen LogP contribution in [0.25, 0.3) is 0 Å². The van der Waals surface area contributed by atoms with Crippen molar-refractivity contribution in [2.45, 2.75) is 24.7 Å². The van der Waals surface area contributed by atoms with Crippen LogP contribution in [0, 0.1) is 5.92 Å². The summed E-state index contributed by atoms with van der Waals surface area (Å²) in [5.41, 5.74) is 0.813. The first-order valence-electron chi connectivity index (χ1n) is 5.93. The van der Waals surface area contributed by atoms with Gasteiger partial charge in [0.2, 0.25) is 10.0 Å². The molecule has 2 unspecified atom stereocenters. The van der Waals surface area contributed by atoms with Gasteiger partial charge in [-0.15, -0.1) is 0 Å². The highest BCUT2D eigenvalue weighted by Gasteiger charge is 2.22. The van der Waals surface area contributed by atoms with E-state index in [1.54, 1.807) is 19.1 Å². The maximum absolute atomic E-state index is 11.9. The van der Waals surface area contributed by atoms with Gasteiger partial charge in [-0.05, 0) is 23.6 Å². The highest BCUT2D eigenvalue weighted by Crippen LogP contribution is 2.25. The van der Waals surface area contributed by atoms with Gasteiger partial charge in [0.25, 0.3) is 0 Å². The summed E-state index contributed by atoms with van der Waals surface area (Å²) in [6.07, 6.45) is 0. The van der Waals surface area contributed by atoms with Gasteiger partial charge in [-0.2, -0.15) is 0 Å². The molecule has 0 aliphatic carbocycles. The Bertz CT molecular complexity index is 549. The molecule has 106 valence electrons. The maximum Gasteiger partial charge on any atom is 0.306 e. The molecule has 0 spiro atoms.